The molecule has 0 aliphatic carbocycles. The summed E-state index contributed by atoms with van der Waals surface area (Å²) in [6.45, 7) is 5.87. The first-order valence-corrected chi connectivity index (χ1v) is 9.43. The molecule has 6 nitrogen and oxygen atoms in total. The third-order valence-electron chi connectivity index (χ3n) is 3.66. The molecule has 2 N–H and O–H groups in total. The van der Waals surface area contributed by atoms with Crippen molar-refractivity contribution >= 4 is 23.8 Å². The normalized spacial score (nSPS) is 17.3. The molecule has 0 fully saturated rings. The van der Waals surface area contributed by atoms with Crippen LogP contribution in [0.5, 0.6) is 5.75 Å². The van der Waals surface area contributed by atoms with E-state index in [1.54, 1.807) is 32.5 Å². The number of carbonyl (C=O) groups excluding carboxylic acids is 1. The first kappa shape index (κ1) is 19.4. The smallest absolute Gasteiger partial charge is 0.408 e. The number of carboxylic acid groups (broad SMARTS) is 1. The third-order valence-corrected chi connectivity index (χ3v) is 4.82. The minimum Gasteiger partial charge on any atom is -0.493 e. The van der Waals surface area contributed by atoms with E-state index in [1.807, 2.05) is 18.2 Å². The number of ether oxygens (including phenoxy) is 2. The Kier molecular flexibility index (Phi) is 6.58. The van der Waals surface area contributed by atoms with Crippen molar-refractivity contribution < 1.29 is 24.2 Å². The molecule has 0 spiro atoms. The van der Waals surface area contributed by atoms with Gasteiger partial charge in [0.1, 0.15) is 17.4 Å². The highest BCUT2D eigenvalue weighted by Gasteiger charge is 2.25. The zero-order valence-corrected chi connectivity index (χ0v) is 15.6. The summed E-state index contributed by atoms with van der Waals surface area (Å²) >= 11 is 1.66. The molecule has 0 saturated carbocycles. The average Bonchev–Trinajstić information content (AvgIpc) is 2.91. The van der Waals surface area contributed by atoms with Crippen molar-refractivity contribution in [1.82, 2.24) is 5.32 Å². The van der Waals surface area contributed by atoms with Crippen LogP contribution in [0.3, 0.4) is 0 Å². The van der Waals surface area contributed by atoms with Crippen LogP contribution in [-0.4, -0.2) is 46.9 Å². The van der Waals surface area contributed by atoms with Gasteiger partial charge in [0.2, 0.25) is 0 Å². The fourth-order valence-corrected chi connectivity index (χ4v) is 3.63. The molecule has 1 heterocycles. The van der Waals surface area contributed by atoms with Gasteiger partial charge in [0.15, 0.2) is 0 Å². The summed E-state index contributed by atoms with van der Waals surface area (Å²) in [6.07, 6.45) is -0.364. The molecule has 1 aromatic carbocycles. The summed E-state index contributed by atoms with van der Waals surface area (Å²) in [4.78, 5) is 23.0. The van der Waals surface area contributed by atoms with Gasteiger partial charge in [-0.15, -0.1) is 0 Å². The van der Waals surface area contributed by atoms with Crippen LogP contribution >= 0.6 is 11.8 Å². The molecule has 2 atom stereocenters. The Morgan fingerprint density at radius 2 is 2.12 bits per heavy atom. The molecular formula is C18H25NO5S. The van der Waals surface area contributed by atoms with E-state index >= 15 is 0 Å². The second kappa shape index (κ2) is 8.47. The predicted molar refractivity (Wildman–Crippen MR) is 97.4 cm³/mol. The highest BCUT2D eigenvalue weighted by atomic mass is 32.2. The van der Waals surface area contributed by atoms with Gasteiger partial charge in [0.25, 0.3) is 0 Å². The quantitative estimate of drug-likeness (QED) is 0.720. The first-order valence-electron chi connectivity index (χ1n) is 8.28. The molecule has 0 saturated heterocycles. The van der Waals surface area contributed by atoms with E-state index in [1.165, 1.54) is 5.56 Å². The molecular weight excluding hydrogens is 342 g/mol. The molecule has 0 radical (unpaired) electrons. The van der Waals surface area contributed by atoms with Gasteiger partial charge in [-0.3, -0.25) is 0 Å². The second-order valence-corrected chi connectivity index (χ2v) is 8.10. The molecule has 25 heavy (non-hydrogen) atoms. The van der Waals surface area contributed by atoms with Gasteiger partial charge in [-0.05, 0) is 39.0 Å². The molecule has 1 amide bonds. The van der Waals surface area contributed by atoms with Crippen molar-refractivity contribution in [3.05, 3.63) is 29.8 Å². The number of fused-ring (bicyclic) bond motifs is 1. The fraction of sp³-hybridized carbons (Fsp3) is 0.556. The Morgan fingerprint density at radius 3 is 2.80 bits per heavy atom. The minimum absolute atomic E-state index is 0.322. The number of thioether (sulfide) groups is 1. The first-order chi connectivity index (χ1) is 11.8. The van der Waals surface area contributed by atoms with E-state index < -0.39 is 23.7 Å². The van der Waals surface area contributed by atoms with Crippen LogP contribution < -0.4 is 10.1 Å². The largest absolute Gasteiger partial charge is 0.493 e. The van der Waals surface area contributed by atoms with Gasteiger partial charge in [-0.25, -0.2) is 9.59 Å². The number of hydrogen-bond donors (Lipinski definition) is 2. The Hall–Kier alpha value is -1.89. The Balaban J connectivity index is 1.75. The van der Waals surface area contributed by atoms with Crippen molar-refractivity contribution in [1.29, 1.82) is 0 Å². The van der Waals surface area contributed by atoms with Gasteiger partial charge in [-0.1, -0.05) is 18.2 Å². The molecule has 0 aromatic heterocycles. The Bertz CT molecular complexity index is 614. The molecule has 7 heteroatoms. The van der Waals surface area contributed by atoms with E-state index in [0.717, 1.165) is 11.5 Å². The topological polar surface area (TPSA) is 84.9 Å². The monoisotopic (exact) mass is 367 g/mol. The summed E-state index contributed by atoms with van der Waals surface area (Å²) in [5.74, 6) is 1.69. The molecule has 0 bridgehead atoms. The molecule has 138 valence electrons. The van der Waals surface area contributed by atoms with Gasteiger partial charge < -0.3 is 19.9 Å². The number of hydrogen-bond acceptors (Lipinski definition) is 5. The Morgan fingerprint density at radius 1 is 1.40 bits per heavy atom. The summed E-state index contributed by atoms with van der Waals surface area (Å²) in [5.41, 5.74) is 0.550. The maximum atomic E-state index is 11.7. The number of amides is 1. The van der Waals surface area contributed by atoms with Gasteiger partial charge in [0.05, 0.1) is 6.61 Å². The molecule has 1 aromatic rings. The van der Waals surface area contributed by atoms with E-state index in [-0.39, 0.29) is 0 Å². The zero-order chi connectivity index (χ0) is 18.4. The lowest BCUT2D eigenvalue weighted by atomic mass is 10.0. The lowest BCUT2D eigenvalue weighted by Gasteiger charge is -2.22. The highest BCUT2D eigenvalue weighted by molar-refractivity contribution is 7.99. The van der Waals surface area contributed by atoms with Gasteiger partial charge in [-0.2, -0.15) is 11.8 Å². The number of nitrogens with one attached hydrogen (secondary N) is 1. The lowest BCUT2D eigenvalue weighted by molar-refractivity contribution is -0.139. The molecule has 1 aliphatic heterocycles. The van der Waals surface area contributed by atoms with Crippen molar-refractivity contribution in [3.63, 3.8) is 0 Å². The zero-order valence-electron chi connectivity index (χ0n) is 14.8. The second-order valence-electron chi connectivity index (χ2n) is 6.95. The Labute approximate surface area is 152 Å². The van der Waals surface area contributed by atoms with Crippen LogP contribution in [0, 0.1) is 0 Å². The van der Waals surface area contributed by atoms with Gasteiger partial charge in [0, 0.05) is 17.2 Å². The van der Waals surface area contributed by atoms with E-state index in [2.05, 4.69) is 11.4 Å². The van der Waals surface area contributed by atoms with E-state index in [4.69, 9.17) is 9.47 Å². The lowest BCUT2D eigenvalue weighted by Crippen LogP contribution is -2.43. The van der Waals surface area contributed by atoms with Crippen molar-refractivity contribution in [3.8, 4) is 5.75 Å². The van der Waals surface area contributed by atoms with E-state index in [0.29, 0.717) is 24.7 Å². The van der Waals surface area contributed by atoms with E-state index in [9.17, 15) is 14.7 Å². The summed E-state index contributed by atoms with van der Waals surface area (Å²) in [5, 5.41) is 11.7. The number of aliphatic carboxylic acids is 1. The molecule has 2 unspecified atom stereocenters. The van der Waals surface area contributed by atoms with Crippen LogP contribution in [-0.2, 0) is 9.53 Å². The number of benzene rings is 1. The molecule has 1 aliphatic rings. The van der Waals surface area contributed by atoms with Crippen LogP contribution in [0.15, 0.2) is 24.3 Å². The number of para-hydroxylation sites is 1. The maximum Gasteiger partial charge on any atom is 0.408 e. The highest BCUT2D eigenvalue weighted by Crippen LogP contribution is 2.35. The summed E-state index contributed by atoms with van der Waals surface area (Å²) < 4.78 is 10.8. The SMILES string of the molecule is CC(C)(C)OC(=O)NC(CCSCC1COc2ccccc21)C(=O)O. The fourth-order valence-electron chi connectivity index (χ4n) is 2.50. The maximum absolute atomic E-state index is 11.7. The molecule has 2 rings (SSSR count). The van der Waals surface area contributed by atoms with Crippen LogP contribution in [0.25, 0.3) is 0 Å². The number of rotatable bonds is 7. The standard InChI is InChI=1S/C18H25NO5S/c1-18(2,3)24-17(22)19-14(16(20)21)8-9-25-11-12-10-23-15-7-5-4-6-13(12)15/h4-7,12,14H,8-11H2,1-3H3,(H,19,22)(H,20,21). The average molecular weight is 367 g/mol. The predicted octanol–water partition coefficient (Wildman–Crippen LogP) is 3.26. The van der Waals surface area contributed by atoms with Gasteiger partial charge >= 0.3 is 12.1 Å². The van der Waals surface area contributed by atoms with Crippen molar-refractivity contribution in [2.24, 2.45) is 0 Å². The third kappa shape index (κ3) is 6.16. The number of carbonyl (C=O) groups is 2. The minimum atomic E-state index is -1.05. The number of carboxylic acids is 1. The van der Waals surface area contributed by atoms with Crippen LogP contribution in [0.1, 0.15) is 38.7 Å². The van der Waals surface area contributed by atoms with Crippen LogP contribution in [0.4, 0.5) is 4.79 Å². The van der Waals surface area contributed by atoms with Crippen LogP contribution in [0.2, 0.25) is 0 Å². The summed E-state index contributed by atoms with van der Waals surface area (Å²) in [6, 6.07) is 7.03. The van der Waals surface area contributed by atoms with Crippen molar-refractivity contribution in [2.75, 3.05) is 18.1 Å². The number of alkyl carbamates (subject to hydrolysis) is 1. The summed E-state index contributed by atoms with van der Waals surface area (Å²) in [7, 11) is 0. The van der Waals surface area contributed by atoms with Crippen molar-refractivity contribution in [2.45, 2.75) is 44.8 Å².